The maximum absolute atomic E-state index is 12.4. The Kier molecular flexibility index (Phi) is 12.7. The summed E-state index contributed by atoms with van der Waals surface area (Å²) < 4.78 is 21.5. The van der Waals surface area contributed by atoms with Crippen molar-refractivity contribution in [3.63, 3.8) is 0 Å². The molecular formula is C31H41N5O6. The predicted octanol–water partition coefficient (Wildman–Crippen LogP) is 3.93. The maximum Gasteiger partial charge on any atom is 0.325 e. The molecule has 0 atom stereocenters. The number of methoxy groups -OCH3 is 2. The highest BCUT2D eigenvalue weighted by Gasteiger charge is 2.17. The molecule has 1 heterocycles. The molecular weight excluding hydrogens is 538 g/mol. The first-order chi connectivity index (χ1) is 20.2. The third-order valence-corrected chi connectivity index (χ3v) is 5.96. The second-order valence-electron chi connectivity index (χ2n) is 10.5. The Labute approximate surface area is 247 Å². The SMILES string of the molecule is COCCN(CCOC)CCOc1ccc(Nc2ncc(-c3ccc(C(=O)NCC(=O)OC(C)(C)C)cc3)cn2)cc1. The molecule has 0 saturated carbocycles. The van der Waals surface area contributed by atoms with Gasteiger partial charge < -0.3 is 29.6 Å². The topological polar surface area (TPSA) is 124 Å². The van der Waals surface area contributed by atoms with Crippen LogP contribution in [0.5, 0.6) is 5.75 Å². The van der Waals surface area contributed by atoms with E-state index in [9.17, 15) is 9.59 Å². The molecule has 0 bridgehead atoms. The summed E-state index contributed by atoms with van der Waals surface area (Å²) in [6, 6.07) is 14.6. The number of ether oxygens (including phenoxy) is 4. The number of nitrogens with one attached hydrogen (secondary N) is 2. The lowest BCUT2D eigenvalue weighted by atomic mass is 10.1. The van der Waals surface area contributed by atoms with E-state index in [1.165, 1.54) is 0 Å². The number of hydrogen-bond acceptors (Lipinski definition) is 10. The largest absolute Gasteiger partial charge is 0.492 e. The molecule has 11 nitrogen and oxygen atoms in total. The number of esters is 1. The highest BCUT2D eigenvalue weighted by molar-refractivity contribution is 5.96. The lowest BCUT2D eigenvalue weighted by Crippen LogP contribution is -2.34. The van der Waals surface area contributed by atoms with Crippen LogP contribution < -0.4 is 15.4 Å². The van der Waals surface area contributed by atoms with E-state index < -0.39 is 11.6 Å². The Hall–Kier alpha value is -4.06. The molecule has 3 rings (SSSR count). The Bertz CT molecular complexity index is 1240. The first-order valence-electron chi connectivity index (χ1n) is 13.8. The van der Waals surface area contributed by atoms with Gasteiger partial charge in [0.05, 0.1) is 13.2 Å². The van der Waals surface area contributed by atoms with Crippen molar-refractivity contribution in [2.45, 2.75) is 26.4 Å². The third-order valence-electron chi connectivity index (χ3n) is 5.96. The summed E-state index contributed by atoms with van der Waals surface area (Å²) in [5.41, 5.74) is 2.32. The van der Waals surface area contributed by atoms with Crippen molar-refractivity contribution >= 4 is 23.5 Å². The predicted molar refractivity (Wildman–Crippen MR) is 161 cm³/mol. The van der Waals surface area contributed by atoms with Gasteiger partial charge in [-0.1, -0.05) is 12.1 Å². The molecule has 1 amide bonds. The number of amides is 1. The van der Waals surface area contributed by atoms with Crippen molar-refractivity contribution in [2.75, 3.05) is 65.5 Å². The molecule has 42 heavy (non-hydrogen) atoms. The van der Waals surface area contributed by atoms with Crippen LogP contribution in [0.2, 0.25) is 0 Å². The first kappa shape index (κ1) is 32.5. The van der Waals surface area contributed by atoms with Gasteiger partial charge in [-0.3, -0.25) is 14.5 Å². The molecule has 226 valence electrons. The van der Waals surface area contributed by atoms with E-state index in [1.54, 1.807) is 71.6 Å². The van der Waals surface area contributed by atoms with E-state index >= 15 is 0 Å². The monoisotopic (exact) mass is 579 g/mol. The van der Waals surface area contributed by atoms with E-state index in [2.05, 4.69) is 25.5 Å². The number of rotatable bonds is 16. The van der Waals surface area contributed by atoms with Crippen molar-refractivity contribution in [3.8, 4) is 16.9 Å². The molecule has 0 spiro atoms. The molecule has 0 unspecified atom stereocenters. The number of hydrogen-bond donors (Lipinski definition) is 2. The highest BCUT2D eigenvalue weighted by Crippen LogP contribution is 2.21. The second-order valence-corrected chi connectivity index (χ2v) is 10.5. The van der Waals surface area contributed by atoms with Gasteiger partial charge in [-0.2, -0.15) is 0 Å². The number of anilines is 2. The van der Waals surface area contributed by atoms with Crippen LogP contribution in [0.15, 0.2) is 60.9 Å². The fourth-order valence-electron chi connectivity index (χ4n) is 3.82. The van der Waals surface area contributed by atoms with E-state index in [0.717, 1.165) is 42.2 Å². The molecule has 11 heteroatoms. The van der Waals surface area contributed by atoms with Crippen LogP contribution in [0, 0.1) is 0 Å². The van der Waals surface area contributed by atoms with Gasteiger partial charge in [0.1, 0.15) is 24.5 Å². The quantitative estimate of drug-likeness (QED) is 0.241. The Morgan fingerprint density at radius 1 is 0.810 bits per heavy atom. The zero-order valence-electron chi connectivity index (χ0n) is 25.0. The molecule has 1 aromatic heterocycles. The summed E-state index contributed by atoms with van der Waals surface area (Å²) in [5, 5.41) is 5.76. The summed E-state index contributed by atoms with van der Waals surface area (Å²) in [6.45, 7) is 9.44. The van der Waals surface area contributed by atoms with Gasteiger partial charge in [0.15, 0.2) is 0 Å². The minimum atomic E-state index is -0.603. The Morgan fingerprint density at radius 3 is 1.98 bits per heavy atom. The molecule has 0 saturated heterocycles. The van der Waals surface area contributed by atoms with Gasteiger partial charge in [0.2, 0.25) is 5.95 Å². The fraction of sp³-hybridized carbons (Fsp3) is 0.419. The molecule has 0 radical (unpaired) electrons. The van der Waals surface area contributed by atoms with Crippen molar-refractivity contribution in [1.82, 2.24) is 20.2 Å². The van der Waals surface area contributed by atoms with Crippen LogP contribution in [-0.2, 0) is 19.0 Å². The molecule has 2 aromatic carbocycles. The molecule has 3 aromatic rings. The number of carbonyl (C=O) groups excluding carboxylic acids is 2. The summed E-state index contributed by atoms with van der Waals surface area (Å²) in [5.74, 6) is 0.387. The third kappa shape index (κ3) is 11.4. The van der Waals surface area contributed by atoms with Gasteiger partial charge in [0, 0.05) is 63.1 Å². The minimum Gasteiger partial charge on any atom is -0.492 e. The summed E-state index contributed by atoms with van der Waals surface area (Å²) in [6.07, 6.45) is 3.42. The zero-order chi connectivity index (χ0) is 30.4. The van der Waals surface area contributed by atoms with Crippen molar-refractivity contribution < 1.29 is 28.5 Å². The summed E-state index contributed by atoms with van der Waals surface area (Å²) in [7, 11) is 3.39. The molecule has 0 fully saturated rings. The van der Waals surface area contributed by atoms with Gasteiger partial charge in [0.25, 0.3) is 5.91 Å². The average molecular weight is 580 g/mol. The number of aromatic nitrogens is 2. The normalized spacial score (nSPS) is 11.3. The van der Waals surface area contributed by atoms with Gasteiger partial charge >= 0.3 is 5.97 Å². The van der Waals surface area contributed by atoms with Crippen LogP contribution in [-0.4, -0.2) is 92.6 Å². The van der Waals surface area contributed by atoms with Gasteiger partial charge in [-0.25, -0.2) is 9.97 Å². The lowest BCUT2D eigenvalue weighted by molar-refractivity contribution is -0.153. The van der Waals surface area contributed by atoms with E-state index in [-0.39, 0.29) is 12.5 Å². The van der Waals surface area contributed by atoms with Crippen LogP contribution in [0.3, 0.4) is 0 Å². The van der Waals surface area contributed by atoms with Crippen LogP contribution in [0.1, 0.15) is 31.1 Å². The van der Waals surface area contributed by atoms with Crippen LogP contribution in [0.25, 0.3) is 11.1 Å². The number of nitrogens with zero attached hydrogens (tertiary/aromatic N) is 3. The minimum absolute atomic E-state index is 0.195. The summed E-state index contributed by atoms with van der Waals surface area (Å²) >= 11 is 0. The Balaban J connectivity index is 1.47. The standard InChI is InChI=1S/C31H41N5O6/c1-31(2,3)42-28(37)22-32-29(38)24-8-6-23(7-9-24)25-20-33-30(34-21-25)35-26-10-12-27(13-11-26)41-19-16-36(14-17-39-4)15-18-40-5/h6-13,20-21H,14-19,22H2,1-5H3,(H,32,38)(H,33,34,35). The maximum atomic E-state index is 12.4. The van der Waals surface area contributed by atoms with Crippen molar-refractivity contribution in [1.29, 1.82) is 0 Å². The average Bonchev–Trinajstić information content (AvgIpc) is 2.97. The van der Waals surface area contributed by atoms with Crippen LogP contribution in [0.4, 0.5) is 11.6 Å². The smallest absolute Gasteiger partial charge is 0.325 e. The first-order valence-corrected chi connectivity index (χ1v) is 13.8. The zero-order valence-corrected chi connectivity index (χ0v) is 25.0. The van der Waals surface area contributed by atoms with E-state index in [0.29, 0.717) is 31.3 Å². The number of benzene rings is 2. The fourth-order valence-corrected chi connectivity index (χ4v) is 3.82. The van der Waals surface area contributed by atoms with E-state index in [1.807, 2.05) is 24.3 Å². The molecule has 0 aliphatic carbocycles. The molecule has 0 aliphatic heterocycles. The van der Waals surface area contributed by atoms with Crippen molar-refractivity contribution in [3.05, 3.63) is 66.5 Å². The van der Waals surface area contributed by atoms with Crippen LogP contribution >= 0.6 is 0 Å². The van der Waals surface area contributed by atoms with Gasteiger partial charge in [-0.15, -0.1) is 0 Å². The summed E-state index contributed by atoms with van der Waals surface area (Å²) in [4.78, 5) is 35.3. The Morgan fingerprint density at radius 2 is 1.40 bits per heavy atom. The van der Waals surface area contributed by atoms with Gasteiger partial charge in [-0.05, 0) is 62.7 Å². The molecule has 2 N–H and O–H groups in total. The second kappa shape index (κ2) is 16.4. The van der Waals surface area contributed by atoms with E-state index in [4.69, 9.17) is 18.9 Å². The molecule has 0 aliphatic rings. The van der Waals surface area contributed by atoms with Crippen molar-refractivity contribution in [2.24, 2.45) is 0 Å². The highest BCUT2D eigenvalue weighted by atomic mass is 16.6. The number of carbonyl (C=O) groups is 2. The lowest BCUT2D eigenvalue weighted by Gasteiger charge is -2.21.